The van der Waals surface area contributed by atoms with E-state index in [4.69, 9.17) is 4.74 Å². The molecule has 0 saturated carbocycles. The molecule has 3 nitrogen and oxygen atoms in total. The van der Waals surface area contributed by atoms with E-state index in [1.807, 2.05) is 35.7 Å². The Morgan fingerprint density at radius 2 is 2.14 bits per heavy atom. The Kier molecular flexibility index (Phi) is 4.03. The van der Waals surface area contributed by atoms with Gasteiger partial charge in [-0.25, -0.2) is 0 Å². The molecule has 1 aromatic heterocycles. The highest BCUT2D eigenvalue weighted by Gasteiger charge is 2.37. The summed E-state index contributed by atoms with van der Waals surface area (Å²) in [6.45, 7) is 2.06. The van der Waals surface area contributed by atoms with Gasteiger partial charge >= 0.3 is 0 Å². The Morgan fingerprint density at radius 1 is 1.33 bits per heavy atom. The molecule has 0 radical (unpaired) electrons. The fourth-order valence-electron chi connectivity index (χ4n) is 2.31. The molecule has 0 saturated heterocycles. The van der Waals surface area contributed by atoms with Crippen LogP contribution in [-0.4, -0.2) is 12.8 Å². The van der Waals surface area contributed by atoms with Crippen LogP contribution >= 0.6 is 33.9 Å². The Labute approximate surface area is 141 Å². The van der Waals surface area contributed by atoms with E-state index in [0.29, 0.717) is 11.5 Å². The smallest absolute Gasteiger partial charge is 0.214 e. The van der Waals surface area contributed by atoms with Crippen LogP contribution in [0.4, 0.5) is 0 Å². The fourth-order valence-corrected chi connectivity index (χ4v) is 3.57. The summed E-state index contributed by atoms with van der Waals surface area (Å²) in [6.07, 6.45) is -0.526. The van der Waals surface area contributed by atoms with E-state index in [9.17, 15) is 4.79 Å². The van der Waals surface area contributed by atoms with Crippen molar-refractivity contribution >= 4 is 45.3 Å². The van der Waals surface area contributed by atoms with Gasteiger partial charge in [0.15, 0.2) is 12.0 Å². The molecule has 1 unspecified atom stereocenters. The Hall–Kier alpha value is -1.34. The molecule has 1 atom stereocenters. The zero-order valence-electron chi connectivity index (χ0n) is 11.6. The van der Waals surface area contributed by atoms with Crippen molar-refractivity contribution in [2.75, 3.05) is 7.05 Å². The molecule has 1 aliphatic heterocycles. The number of hydrogen-bond acceptors (Lipinski definition) is 4. The third-order valence-electron chi connectivity index (χ3n) is 3.44. The summed E-state index contributed by atoms with van der Waals surface area (Å²) in [5.74, 6) is 0.569. The lowest BCUT2D eigenvalue weighted by Gasteiger charge is -2.08. The topological polar surface area (TPSA) is 38.3 Å². The second-order valence-electron chi connectivity index (χ2n) is 4.80. The third-order valence-corrected chi connectivity index (χ3v) is 5.51. The maximum atomic E-state index is 12.8. The van der Waals surface area contributed by atoms with Gasteiger partial charge in [0.1, 0.15) is 0 Å². The van der Waals surface area contributed by atoms with Crippen molar-refractivity contribution < 1.29 is 9.53 Å². The van der Waals surface area contributed by atoms with Crippen LogP contribution in [0.3, 0.4) is 0 Å². The minimum atomic E-state index is -0.526. The summed E-state index contributed by atoms with van der Waals surface area (Å²) < 4.78 is 6.97. The first kappa shape index (κ1) is 14.6. The number of hydrogen-bond donors (Lipinski definition) is 1. The maximum Gasteiger partial charge on any atom is 0.214 e. The number of Topliss-reactive ketones (excluding diaryl/α,β-unsaturated/α-hetero) is 1. The molecule has 1 N–H and O–H groups in total. The number of carbonyl (C=O) groups excluding carboxylic acids is 1. The molecule has 1 aliphatic rings. The van der Waals surface area contributed by atoms with Crippen LogP contribution < -0.4 is 5.32 Å². The van der Waals surface area contributed by atoms with Crippen LogP contribution in [0.2, 0.25) is 0 Å². The summed E-state index contributed by atoms with van der Waals surface area (Å²) in [5, 5.41) is 4.96. The SMILES string of the molecule is CNC1=C(c2ccc(C)c(I)c2)C(=O)C(c2cccs2)O1. The Morgan fingerprint density at radius 3 is 2.76 bits per heavy atom. The first-order chi connectivity index (χ1) is 10.1. The number of thiophene rings is 1. The molecular formula is C16H14INO2S. The standard InChI is InChI=1S/C16H14INO2S/c1-9-5-6-10(8-11(9)17)13-14(19)15(20-16(13)18-2)12-4-3-7-21-12/h3-8,15,18H,1-2H3. The zero-order valence-corrected chi connectivity index (χ0v) is 14.6. The molecule has 0 amide bonds. The number of ketones is 1. The van der Waals surface area contributed by atoms with Crippen molar-refractivity contribution in [1.29, 1.82) is 0 Å². The molecule has 0 aliphatic carbocycles. The van der Waals surface area contributed by atoms with Gasteiger partial charge < -0.3 is 10.1 Å². The van der Waals surface area contributed by atoms with Gasteiger partial charge in [-0.2, -0.15) is 0 Å². The zero-order chi connectivity index (χ0) is 15.0. The largest absolute Gasteiger partial charge is 0.461 e. The first-order valence-electron chi connectivity index (χ1n) is 6.54. The highest BCUT2D eigenvalue weighted by atomic mass is 127. The van der Waals surface area contributed by atoms with E-state index in [0.717, 1.165) is 14.0 Å². The summed E-state index contributed by atoms with van der Waals surface area (Å²) in [6, 6.07) is 9.90. The van der Waals surface area contributed by atoms with Crippen molar-refractivity contribution in [3.63, 3.8) is 0 Å². The molecular weight excluding hydrogens is 397 g/mol. The van der Waals surface area contributed by atoms with Gasteiger partial charge in [0.2, 0.25) is 5.78 Å². The van der Waals surface area contributed by atoms with Crippen LogP contribution in [0.5, 0.6) is 0 Å². The molecule has 2 aromatic rings. The summed E-state index contributed by atoms with van der Waals surface area (Å²) in [4.78, 5) is 13.7. The van der Waals surface area contributed by atoms with Gasteiger partial charge in [-0.15, -0.1) is 11.3 Å². The molecule has 5 heteroatoms. The predicted octanol–water partition coefficient (Wildman–Crippen LogP) is 3.89. The number of nitrogens with one attached hydrogen (secondary N) is 1. The molecule has 0 spiro atoms. The fraction of sp³-hybridized carbons (Fsp3) is 0.188. The molecule has 3 rings (SSSR count). The van der Waals surface area contributed by atoms with E-state index in [1.165, 1.54) is 16.9 Å². The number of halogens is 1. The van der Waals surface area contributed by atoms with E-state index in [1.54, 1.807) is 7.05 Å². The number of benzene rings is 1. The minimum absolute atomic E-state index is 0.0152. The summed E-state index contributed by atoms with van der Waals surface area (Å²) in [5.41, 5.74) is 2.74. The predicted molar refractivity (Wildman–Crippen MR) is 93.0 cm³/mol. The summed E-state index contributed by atoms with van der Waals surface area (Å²) in [7, 11) is 1.78. The van der Waals surface area contributed by atoms with Crippen LogP contribution in [0.15, 0.2) is 41.6 Å². The lowest BCUT2D eigenvalue weighted by molar-refractivity contribution is -0.120. The average molecular weight is 411 g/mol. The van der Waals surface area contributed by atoms with Gasteiger partial charge in [0, 0.05) is 10.6 Å². The van der Waals surface area contributed by atoms with Crippen molar-refractivity contribution in [1.82, 2.24) is 5.32 Å². The van der Waals surface area contributed by atoms with E-state index in [2.05, 4.69) is 34.8 Å². The normalized spacial score (nSPS) is 18.0. The third kappa shape index (κ3) is 2.60. The van der Waals surface area contributed by atoms with E-state index in [-0.39, 0.29) is 5.78 Å². The van der Waals surface area contributed by atoms with Crippen LogP contribution in [-0.2, 0) is 9.53 Å². The van der Waals surface area contributed by atoms with Crippen molar-refractivity contribution in [3.8, 4) is 0 Å². The molecule has 21 heavy (non-hydrogen) atoms. The second kappa shape index (κ2) is 5.81. The van der Waals surface area contributed by atoms with Crippen LogP contribution in [0, 0.1) is 10.5 Å². The maximum absolute atomic E-state index is 12.8. The monoisotopic (exact) mass is 411 g/mol. The molecule has 0 bridgehead atoms. The highest BCUT2D eigenvalue weighted by Crippen LogP contribution is 2.38. The number of aryl methyl sites for hydroxylation is 1. The second-order valence-corrected chi connectivity index (χ2v) is 6.94. The lowest BCUT2D eigenvalue weighted by atomic mass is 9.99. The molecule has 2 heterocycles. The molecule has 1 aromatic carbocycles. The lowest BCUT2D eigenvalue weighted by Crippen LogP contribution is -2.08. The Bertz CT molecular complexity index is 722. The van der Waals surface area contributed by atoms with Crippen molar-refractivity contribution in [2.24, 2.45) is 0 Å². The first-order valence-corrected chi connectivity index (χ1v) is 8.50. The van der Waals surface area contributed by atoms with Crippen LogP contribution in [0.25, 0.3) is 5.57 Å². The van der Waals surface area contributed by atoms with Crippen LogP contribution in [0.1, 0.15) is 22.1 Å². The molecule has 0 fully saturated rings. The minimum Gasteiger partial charge on any atom is -0.461 e. The van der Waals surface area contributed by atoms with Gasteiger partial charge in [0.05, 0.1) is 10.5 Å². The van der Waals surface area contributed by atoms with Crippen molar-refractivity contribution in [2.45, 2.75) is 13.0 Å². The number of ether oxygens (including phenoxy) is 1. The van der Waals surface area contributed by atoms with Gasteiger partial charge in [-0.05, 0) is 58.2 Å². The van der Waals surface area contributed by atoms with Gasteiger partial charge in [-0.1, -0.05) is 18.2 Å². The van der Waals surface area contributed by atoms with Gasteiger partial charge in [-0.3, -0.25) is 4.79 Å². The van der Waals surface area contributed by atoms with Gasteiger partial charge in [0.25, 0.3) is 0 Å². The number of carbonyl (C=O) groups is 1. The Balaban J connectivity index is 2.03. The quantitative estimate of drug-likeness (QED) is 0.780. The summed E-state index contributed by atoms with van der Waals surface area (Å²) >= 11 is 3.82. The number of rotatable bonds is 3. The average Bonchev–Trinajstić information content (AvgIpc) is 3.09. The molecule has 108 valence electrons. The van der Waals surface area contributed by atoms with Crippen molar-refractivity contribution in [3.05, 3.63) is 61.2 Å². The van der Waals surface area contributed by atoms with E-state index < -0.39 is 6.10 Å². The van der Waals surface area contributed by atoms with E-state index >= 15 is 0 Å². The highest BCUT2D eigenvalue weighted by molar-refractivity contribution is 14.1.